The van der Waals surface area contributed by atoms with Crippen LogP contribution in [0.4, 0.5) is 4.39 Å². The van der Waals surface area contributed by atoms with E-state index in [1.165, 1.54) is 12.1 Å². The third kappa shape index (κ3) is 1.92. The van der Waals surface area contributed by atoms with Crippen LogP contribution in [0.2, 0.25) is 0 Å². The first kappa shape index (κ1) is 11.1. The van der Waals surface area contributed by atoms with Gasteiger partial charge in [0.05, 0.1) is 7.11 Å². The molecule has 2 nitrogen and oxygen atoms in total. The van der Waals surface area contributed by atoms with Crippen molar-refractivity contribution < 1.29 is 13.9 Å². The fourth-order valence-corrected chi connectivity index (χ4v) is 2.20. The van der Waals surface area contributed by atoms with Crippen molar-refractivity contribution in [2.24, 2.45) is 0 Å². The molecule has 0 aromatic heterocycles. The van der Waals surface area contributed by atoms with E-state index < -0.39 is 0 Å². The molecule has 0 spiro atoms. The molecule has 3 rings (SSSR count). The van der Waals surface area contributed by atoms with Gasteiger partial charge in [0.25, 0.3) is 0 Å². The van der Waals surface area contributed by atoms with Crippen LogP contribution in [0.5, 0.6) is 11.5 Å². The van der Waals surface area contributed by atoms with Crippen molar-refractivity contribution in [1.82, 2.24) is 0 Å². The molecule has 0 saturated carbocycles. The summed E-state index contributed by atoms with van der Waals surface area (Å²) in [6, 6.07) is 12.3. The molecule has 0 aliphatic carbocycles. The number of ether oxygens (including phenoxy) is 2. The first-order valence-electron chi connectivity index (χ1n) is 5.85. The van der Waals surface area contributed by atoms with Crippen molar-refractivity contribution in [2.75, 3.05) is 7.11 Å². The smallest absolute Gasteiger partial charge is 0.128 e. The fraction of sp³-hybridized carbons (Fsp3) is 0.200. The van der Waals surface area contributed by atoms with Crippen LogP contribution >= 0.6 is 0 Å². The lowest BCUT2D eigenvalue weighted by atomic mass is 10.0. The van der Waals surface area contributed by atoms with E-state index in [1.54, 1.807) is 19.2 Å². The second-order valence-corrected chi connectivity index (χ2v) is 4.34. The quantitative estimate of drug-likeness (QED) is 0.804. The Kier molecular flexibility index (Phi) is 2.67. The maximum Gasteiger partial charge on any atom is 0.128 e. The predicted octanol–water partition coefficient (Wildman–Crippen LogP) is 3.51. The highest BCUT2D eigenvalue weighted by Gasteiger charge is 2.24. The molecule has 2 aromatic carbocycles. The minimum Gasteiger partial charge on any atom is -0.497 e. The Hall–Kier alpha value is -2.03. The Morgan fingerprint density at radius 1 is 1.17 bits per heavy atom. The second-order valence-electron chi connectivity index (χ2n) is 4.34. The summed E-state index contributed by atoms with van der Waals surface area (Å²) >= 11 is 0. The summed E-state index contributed by atoms with van der Waals surface area (Å²) in [5, 5.41) is 0. The molecule has 0 radical (unpaired) electrons. The molecule has 1 aliphatic heterocycles. The molecule has 18 heavy (non-hydrogen) atoms. The Morgan fingerprint density at radius 2 is 1.94 bits per heavy atom. The highest BCUT2D eigenvalue weighted by atomic mass is 19.1. The van der Waals surface area contributed by atoms with Crippen LogP contribution in [0.25, 0.3) is 0 Å². The molecule has 3 heteroatoms. The van der Waals surface area contributed by atoms with Crippen LogP contribution in [0.1, 0.15) is 17.2 Å². The third-order valence-electron chi connectivity index (χ3n) is 3.19. The van der Waals surface area contributed by atoms with Gasteiger partial charge in [-0.3, -0.25) is 0 Å². The Morgan fingerprint density at radius 3 is 2.67 bits per heavy atom. The normalized spacial score (nSPS) is 17.1. The van der Waals surface area contributed by atoms with E-state index in [-0.39, 0.29) is 11.9 Å². The van der Waals surface area contributed by atoms with Gasteiger partial charge < -0.3 is 9.47 Å². The minimum absolute atomic E-state index is 0.0345. The summed E-state index contributed by atoms with van der Waals surface area (Å²) in [6.07, 6.45) is 0.776. The van der Waals surface area contributed by atoms with Crippen molar-refractivity contribution in [3.8, 4) is 11.5 Å². The maximum atomic E-state index is 12.9. The van der Waals surface area contributed by atoms with Crippen molar-refractivity contribution in [3.63, 3.8) is 0 Å². The highest BCUT2D eigenvalue weighted by molar-refractivity contribution is 5.44. The maximum absolute atomic E-state index is 12.9. The van der Waals surface area contributed by atoms with Gasteiger partial charge in [0, 0.05) is 12.5 Å². The first-order valence-corrected chi connectivity index (χ1v) is 5.85. The van der Waals surface area contributed by atoms with Gasteiger partial charge in [-0.1, -0.05) is 18.2 Å². The van der Waals surface area contributed by atoms with Gasteiger partial charge in [-0.2, -0.15) is 0 Å². The van der Waals surface area contributed by atoms with Crippen molar-refractivity contribution in [3.05, 3.63) is 59.4 Å². The highest BCUT2D eigenvalue weighted by Crippen LogP contribution is 2.38. The zero-order valence-electron chi connectivity index (χ0n) is 10.0. The average molecular weight is 244 g/mol. The number of hydrogen-bond acceptors (Lipinski definition) is 2. The number of fused-ring (bicyclic) bond motifs is 1. The standard InChI is InChI=1S/C15H13FO2/c1-17-13-7-4-11-8-14(18-15(11)9-13)10-2-5-12(16)6-3-10/h2-7,9,14H,8H2,1H3. The molecule has 0 N–H and O–H groups in total. The van der Waals surface area contributed by atoms with Gasteiger partial charge >= 0.3 is 0 Å². The van der Waals surface area contributed by atoms with Gasteiger partial charge in [0.1, 0.15) is 23.4 Å². The summed E-state index contributed by atoms with van der Waals surface area (Å²) in [6.45, 7) is 0. The largest absolute Gasteiger partial charge is 0.497 e. The van der Waals surface area contributed by atoms with Crippen molar-refractivity contribution in [1.29, 1.82) is 0 Å². The molecule has 1 heterocycles. The molecule has 1 atom stereocenters. The monoisotopic (exact) mass is 244 g/mol. The van der Waals surface area contributed by atoms with Gasteiger partial charge in [0.2, 0.25) is 0 Å². The van der Waals surface area contributed by atoms with E-state index >= 15 is 0 Å². The topological polar surface area (TPSA) is 18.5 Å². The Balaban J connectivity index is 1.86. The predicted molar refractivity (Wildman–Crippen MR) is 66.5 cm³/mol. The Bertz CT molecular complexity index is 563. The van der Waals surface area contributed by atoms with E-state index in [0.717, 1.165) is 29.0 Å². The lowest BCUT2D eigenvalue weighted by Gasteiger charge is -2.10. The minimum atomic E-state index is -0.226. The molecule has 2 aromatic rings. The third-order valence-corrected chi connectivity index (χ3v) is 3.19. The zero-order valence-corrected chi connectivity index (χ0v) is 10.0. The summed E-state index contributed by atoms with van der Waals surface area (Å²) in [5.74, 6) is 1.41. The number of methoxy groups -OCH3 is 1. The van der Waals surface area contributed by atoms with Gasteiger partial charge in [-0.05, 0) is 29.3 Å². The summed E-state index contributed by atoms with van der Waals surface area (Å²) in [4.78, 5) is 0. The van der Waals surface area contributed by atoms with Crippen molar-refractivity contribution in [2.45, 2.75) is 12.5 Å². The molecule has 0 fully saturated rings. The molecule has 1 unspecified atom stereocenters. The summed E-state index contributed by atoms with van der Waals surface area (Å²) < 4.78 is 23.9. The molecule has 0 amide bonds. The van der Waals surface area contributed by atoms with E-state index in [0.29, 0.717) is 0 Å². The van der Waals surface area contributed by atoms with Crippen LogP contribution in [-0.4, -0.2) is 7.11 Å². The fourth-order valence-electron chi connectivity index (χ4n) is 2.20. The number of rotatable bonds is 2. The second kappa shape index (κ2) is 4.33. The van der Waals surface area contributed by atoms with E-state index in [2.05, 4.69) is 0 Å². The first-order chi connectivity index (χ1) is 8.76. The molecule has 92 valence electrons. The van der Waals surface area contributed by atoms with Crippen LogP contribution in [0, 0.1) is 5.82 Å². The summed E-state index contributed by atoms with van der Waals surface area (Å²) in [7, 11) is 1.63. The number of hydrogen-bond donors (Lipinski definition) is 0. The van der Waals surface area contributed by atoms with Gasteiger partial charge in [-0.15, -0.1) is 0 Å². The van der Waals surface area contributed by atoms with Crippen molar-refractivity contribution >= 4 is 0 Å². The van der Waals surface area contributed by atoms with Crippen LogP contribution in [0.3, 0.4) is 0 Å². The lowest BCUT2D eigenvalue weighted by Crippen LogP contribution is -2.02. The molecule has 0 bridgehead atoms. The van der Waals surface area contributed by atoms with E-state index in [4.69, 9.17) is 9.47 Å². The molecular weight excluding hydrogens is 231 g/mol. The molecule has 0 saturated heterocycles. The summed E-state index contributed by atoms with van der Waals surface area (Å²) in [5.41, 5.74) is 2.15. The van der Waals surface area contributed by atoms with E-state index in [1.807, 2.05) is 18.2 Å². The van der Waals surface area contributed by atoms with Crippen LogP contribution in [-0.2, 0) is 6.42 Å². The Labute approximate surface area is 105 Å². The zero-order chi connectivity index (χ0) is 12.5. The molecular formula is C15H13FO2. The number of benzene rings is 2. The number of halogens is 1. The van der Waals surface area contributed by atoms with Gasteiger partial charge in [0.15, 0.2) is 0 Å². The lowest BCUT2D eigenvalue weighted by molar-refractivity contribution is 0.238. The van der Waals surface area contributed by atoms with E-state index in [9.17, 15) is 4.39 Å². The SMILES string of the molecule is COc1ccc2c(c1)OC(c1ccc(F)cc1)C2. The average Bonchev–Trinajstić information content (AvgIpc) is 2.82. The van der Waals surface area contributed by atoms with Gasteiger partial charge in [-0.25, -0.2) is 4.39 Å². The van der Waals surface area contributed by atoms with Crippen LogP contribution in [0.15, 0.2) is 42.5 Å². The van der Waals surface area contributed by atoms with Crippen LogP contribution < -0.4 is 9.47 Å². The molecule has 1 aliphatic rings.